The summed E-state index contributed by atoms with van der Waals surface area (Å²) in [6.07, 6.45) is 5.79. The maximum Gasteiger partial charge on any atom is 0.251 e. The Hall–Kier alpha value is -4.11. The first-order valence-corrected chi connectivity index (χ1v) is 13.4. The molecule has 1 amide bonds. The molecule has 1 aromatic heterocycles. The van der Waals surface area contributed by atoms with Gasteiger partial charge in [0, 0.05) is 55.3 Å². The molecular formula is C30H31FN4O4. The van der Waals surface area contributed by atoms with Gasteiger partial charge in [-0.05, 0) is 74.4 Å². The van der Waals surface area contributed by atoms with Gasteiger partial charge in [0.15, 0.2) is 11.6 Å². The van der Waals surface area contributed by atoms with Gasteiger partial charge in [-0.3, -0.25) is 9.36 Å². The van der Waals surface area contributed by atoms with Crippen molar-refractivity contribution in [1.82, 2.24) is 14.9 Å². The average Bonchev–Trinajstić information content (AvgIpc) is 3.64. The van der Waals surface area contributed by atoms with Gasteiger partial charge in [0.2, 0.25) is 0 Å². The highest BCUT2D eigenvalue weighted by atomic mass is 19.1. The van der Waals surface area contributed by atoms with Crippen molar-refractivity contribution in [1.29, 1.82) is 0 Å². The van der Waals surface area contributed by atoms with E-state index < -0.39 is 5.82 Å². The monoisotopic (exact) mass is 530 g/mol. The predicted molar refractivity (Wildman–Crippen MR) is 146 cm³/mol. The van der Waals surface area contributed by atoms with Gasteiger partial charge in [-0.1, -0.05) is 0 Å². The van der Waals surface area contributed by atoms with Gasteiger partial charge in [0.1, 0.15) is 23.3 Å². The number of ether oxygens (including phenoxy) is 2. The predicted octanol–water partition coefficient (Wildman–Crippen LogP) is 5.70. The van der Waals surface area contributed by atoms with Crippen molar-refractivity contribution in [2.75, 3.05) is 25.1 Å². The van der Waals surface area contributed by atoms with Crippen LogP contribution >= 0.6 is 0 Å². The van der Waals surface area contributed by atoms with E-state index >= 15 is 0 Å². The number of nitrogens with one attached hydrogen (secondary N) is 2. The van der Waals surface area contributed by atoms with E-state index in [0.717, 1.165) is 79.5 Å². The first-order valence-electron chi connectivity index (χ1n) is 13.4. The lowest BCUT2D eigenvalue weighted by atomic mass is 10.0. The van der Waals surface area contributed by atoms with E-state index in [1.807, 2.05) is 41.8 Å². The van der Waals surface area contributed by atoms with Crippen LogP contribution in [-0.4, -0.2) is 46.4 Å². The summed E-state index contributed by atoms with van der Waals surface area (Å²) in [7, 11) is 0. The second-order valence-electron chi connectivity index (χ2n) is 10.4. The van der Waals surface area contributed by atoms with Crippen molar-refractivity contribution in [2.24, 2.45) is 5.92 Å². The van der Waals surface area contributed by atoms with Crippen molar-refractivity contribution in [2.45, 2.75) is 38.6 Å². The molecule has 2 fully saturated rings. The molecule has 4 aromatic rings. The van der Waals surface area contributed by atoms with Crippen LogP contribution in [0.2, 0.25) is 0 Å². The van der Waals surface area contributed by atoms with E-state index in [1.165, 1.54) is 12.1 Å². The number of hydrogen-bond donors (Lipinski definition) is 3. The van der Waals surface area contributed by atoms with Gasteiger partial charge in [-0.15, -0.1) is 0 Å². The first kappa shape index (κ1) is 25.2. The minimum absolute atomic E-state index is 0.00969. The average molecular weight is 531 g/mol. The van der Waals surface area contributed by atoms with E-state index in [-0.39, 0.29) is 23.4 Å². The molecule has 1 aliphatic carbocycles. The Bertz CT molecular complexity index is 1530. The number of carbonyl (C=O) groups is 1. The first-order chi connectivity index (χ1) is 18.9. The largest absolute Gasteiger partial charge is 0.508 e. The third kappa shape index (κ3) is 5.54. The molecule has 0 atom stereocenters. The van der Waals surface area contributed by atoms with Crippen LogP contribution in [0.25, 0.3) is 16.7 Å². The molecule has 6 rings (SSSR count). The van der Waals surface area contributed by atoms with Crippen LogP contribution in [0, 0.1) is 18.7 Å². The number of benzene rings is 3. The van der Waals surface area contributed by atoms with Crippen LogP contribution in [0.5, 0.6) is 17.2 Å². The standard InChI is InChI=1S/C30H31FN4O4/c1-18-12-21(4-6-24(18)30(37)34-20-2-3-20)35-17-33-29-26(32-16-19-8-10-38-11-9-19)14-23(15-27(29)35)39-28-7-5-22(36)13-25(28)31/h4-7,12-15,17,19-20,32,36H,2-3,8-11,16H2,1H3,(H,34,37). The third-order valence-corrected chi connectivity index (χ3v) is 7.34. The number of amides is 1. The van der Waals surface area contributed by atoms with Crippen LogP contribution in [0.4, 0.5) is 10.1 Å². The number of carbonyl (C=O) groups excluding carboxylic acids is 1. The highest BCUT2D eigenvalue weighted by molar-refractivity contribution is 5.96. The fraction of sp³-hybridized carbons (Fsp3) is 0.333. The number of anilines is 1. The zero-order valence-corrected chi connectivity index (χ0v) is 21.7. The van der Waals surface area contributed by atoms with Crippen molar-refractivity contribution >= 4 is 22.6 Å². The summed E-state index contributed by atoms with van der Waals surface area (Å²) in [5, 5.41) is 16.2. The third-order valence-electron chi connectivity index (χ3n) is 7.34. The summed E-state index contributed by atoms with van der Waals surface area (Å²) in [5.74, 6) is 0.0407. The second-order valence-corrected chi connectivity index (χ2v) is 10.4. The number of aromatic nitrogens is 2. The molecule has 9 heteroatoms. The number of aromatic hydroxyl groups is 1. The number of nitrogens with zero attached hydrogens (tertiary/aromatic N) is 2. The fourth-order valence-electron chi connectivity index (χ4n) is 4.94. The summed E-state index contributed by atoms with van der Waals surface area (Å²) in [6, 6.07) is 13.4. The van der Waals surface area contributed by atoms with Crippen molar-refractivity contribution < 1.29 is 23.8 Å². The number of aryl methyl sites for hydroxylation is 1. The maximum atomic E-state index is 14.5. The molecular weight excluding hydrogens is 499 g/mol. The number of hydrogen-bond acceptors (Lipinski definition) is 6. The Kier molecular flexibility index (Phi) is 6.83. The second kappa shape index (κ2) is 10.6. The molecule has 0 spiro atoms. The summed E-state index contributed by atoms with van der Waals surface area (Å²) in [6.45, 7) is 4.20. The van der Waals surface area contributed by atoms with Crippen molar-refractivity contribution in [3.63, 3.8) is 0 Å². The zero-order valence-electron chi connectivity index (χ0n) is 21.7. The van der Waals surface area contributed by atoms with Crippen LogP contribution in [0.1, 0.15) is 41.6 Å². The number of halogens is 1. The van der Waals surface area contributed by atoms with E-state index in [4.69, 9.17) is 14.5 Å². The molecule has 1 saturated heterocycles. The minimum Gasteiger partial charge on any atom is -0.508 e. The summed E-state index contributed by atoms with van der Waals surface area (Å²) < 4.78 is 27.9. The van der Waals surface area contributed by atoms with Crippen LogP contribution in [0.3, 0.4) is 0 Å². The Labute approximate surface area is 225 Å². The number of phenolic OH excluding ortho intramolecular Hbond substituents is 1. The molecule has 3 N–H and O–H groups in total. The van der Waals surface area contributed by atoms with Crippen molar-refractivity contribution in [3.8, 4) is 22.9 Å². The van der Waals surface area contributed by atoms with E-state index in [9.17, 15) is 14.3 Å². The Morgan fingerprint density at radius 1 is 1.13 bits per heavy atom. The number of fused-ring (bicyclic) bond motifs is 1. The molecule has 8 nitrogen and oxygen atoms in total. The fourth-order valence-corrected chi connectivity index (χ4v) is 4.94. The lowest BCUT2D eigenvalue weighted by molar-refractivity contribution is 0.0699. The van der Waals surface area contributed by atoms with Crippen LogP contribution in [0.15, 0.2) is 54.9 Å². The summed E-state index contributed by atoms with van der Waals surface area (Å²) >= 11 is 0. The molecule has 1 saturated carbocycles. The maximum absolute atomic E-state index is 14.5. The number of rotatable bonds is 8. The Morgan fingerprint density at radius 2 is 1.95 bits per heavy atom. The highest BCUT2D eigenvalue weighted by Crippen LogP contribution is 2.35. The van der Waals surface area contributed by atoms with E-state index in [2.05, 4.69) is 10.6 Å². The summed E-state index contributed by atoms with van der Waals surface area (Å²) in [4.78, 5) is 17.3. The molecule has 1 aliphatic heterocycles. The van der Waals surface area contributed by atoms with Gasteiger partial charge >= 0.3 is 0 Å². The number of imidazole rings is 1. The minimum atomic E-state index is -0.656. The van der Waals surface area contributed by atoms with Crippen molar-refractivity contribution in [3.05, 3.63) is 71.8 Å². The Morgan fingerprint density at radius 3 is 2.69 bits per heavy atom. The quantitative estimate of drug-likeness (QED) is 0.270. The zero-order chi connectivity index (χ0) is 26.9. The smallest absolute Gasteiger partial charge is 0.251 e. The van der Waals surface area contributed by atoms with Gasteiger partial charge in [-0.2, -0.15) is 0 Å². The lowest BCUT2D eigenvalue weighted by Crippen LogP contribution is -2.26. The van der Waals surface area contributed by atoms with E-state index in [1.54, 1.807) is 6.33 Å². The lowest BCUT2D eigenvalue weighted by Gasteiger charge is -2.23. The molecule has 39 heavy (non-hydrogen) atoms. The van der Waals surface area contributed by atoms with Gasteiger partial charge in [0.25, 0.3) is 5.91 Å². The molecule has 2 aliphatic rings. The molecule has 3 aromatic carbocycles. The SMILES string of the molecule is Cc1cc(-n2cnc3c(NCC4CCOCC4)cc(Oc4ccc(O)cc4F)cc32)ccc1C(=O)NC1CC1. The van der Waals surface area contributed by atoms with Crippen LogP contribution in [-0.2, 0) is 4.74 Å². The summed E-state index contributed by atoms with van der Waals surface area (Å²) in [5.41, 5.74) is 4.68. The molecule has 0 unspecified atom stereocenters. The molecule has 0 radical (unpaired) electrons. The molecule has 202 valence electrons. The van der Waals surface area contributed by atoms with Gasteiger partial charge in [-0.25, -0.2) is 9.37 Å². The normalized spacial score (nSPS) is 15.8. The molecule has 2 heterocycles. The number of phenols is 1. The van der Waals surface area contributed by atoms with Crippen LogP contribution < -0.4 is 15.4 Å². The molecule has 0 bridgehead atoms. The Balaban J connectivity index is 1.35. The highest BCUT2D eigenvalue weighted by Gasteiger charge is 2.24. The van der Waals surface area contributed by atoms with Gasteiger partial charge < -0.3 is 25.2 Å². The van der Waals surface area contributed by atoms with E-state index in [0.29, 0.717) is 17.2 Å². The van der Waals surface area contributed by atoms with Gasteiger partial charge in [0.05, 0.1) is 11.2 Å². The topological polar surface area (TPSA) is 97.6 Å².